The summed E-state index contributed by atoms with van der Waals surface area (Å²) >= 11 is 3.28. The molecule has 0 radical (unpaired) electrons. The van der Waals surface area contributed by atoms with Crippen LogP contribution in [0.2, 0.25) is 0 Å². The molecule has 0 unspecified atom stereocenters. The molecular formula is C15H15BrFN3O. The maximum absolute atomic E-state index is 12.8. The number of amides is 1. The van der Waals surface area contributed by atoms with E-state index in [9.17, 15) is 9.18 Å². The Morgan fingerprint density at radius 2 is 2.00 bits per heavy atom. The minimum absolute atomic E-state index is 0.144. The molecule has 1 aromatic carbocycles. The number of carbonyl (C=O) groups is 1. The molecule has 0 saturated carbocycles. The lowest BCUT2D eigenvalue weighted by Crippen LogP contribution is -2.30. The van der Waals surface area contributed by atoms with Gasteiger partial charge in [0.25, 0.3) is 0 Å². The molecule has 0 aliphatic rings. The normalized spacial score (nSPS) is 10.7. The average molecular weight is 352 g/mol. The van der Waals surface area contributed by atoms with E-state index in [0.29, 0.717) is 12.4 Å². The van der Waals surface area contributed by atoms with Crippen molar-refractivity contribution in [2.75, 3.05) is 18.9 Å². The van der Waals surface area contributed by atoms with Crippen LogP contribution in [-0.4, -0.2) is 29.4 Å². The van der Waals surface area contributed by atoms with Gasteiger partial charge in [-0.1, -0.05) is 12.1 Å². The number of rotatable bonds is 5. The Kier molecular flexibility index (Phi) is 5.41. The molecule has 0 atom stereocenters. The van der Waals surface area contributed by atoms with Gasteiger partial charge in [0, 0.05) is 17.2 Å². The third kappa shape index (κ3) is 5.24. The second-order valence-corrected chi connectivity index (χ2v) is 5.62. The fourth-order valence-corrected chi connectivity index (χ4v) is 2.07. The highest BCUT2D eigenvalue weighted by molar-refractivity contribution is 9.10. The van der Waals surface area contributed by atoms with Gasteiger partial charge in [-0.2, -0.15) is 0 Å². The van der Waals surface area contributed by atoms with Crippen LogP contribution in [-0.2, 0) is 11.3 Å². The van der Waals surface area contributed by atoms with Crippen LogP contribution in [0.25, 0.3) is 0 Å². The molecule has 0 saturated heterocycles. The SMILES string of the molecule is CN(CC(=O)Nc1ccc(Br)cn1)Cc1ccc(F)cc1. The van der Waals surface area contributed by atoms with Crippen LogP contribution >= 0.6 is 15.9 Å². The Morgan fingerprint density at radius 1 is 1.29 bits per heavy atom. The summed E-state index contributed by atoms with van der Waals surface area (Å²) in [5, 5.41) is 2.72. The summed E-state index contributed by atoms with van der Waals surface area (Å²) in [5.74, 6) is 0.105. The van der Waals surface area contributed by atoms with E-state index in [1.807, 2.05) is 18.0 Å². The predicted molar refractivity (Wildman–Crippen MR) is 83.3 cm³/mol. The van der Waals surface area contributed by atoms with Crippen molar-refractivity contribution in [3.8, 4) is 0 Å². The van der Waals surface area contributed by atoms with Gasteiger partial charge in [-0.3, -0.25) is 9.69 Å². The number of nitrogens with one attached hydrogen (secondary N) is 1. The van der Waals surface area contributed by atoms with Gasteiger partial charge < -0.3 is 5.32 Å². The highest BCUT2D eigenvalue weighted by Gasteiger charge is 2.08. The van der Waals surface area contributed by atoms with Crippen molar-refractivity contribution in [1.29, 1.82) is 0 Å². The summed E-state index contributed by atoms with van der Waals surface area (Å²) in [7, 11) is 1.83. The van der Waals surface area contributed by atoms with E-state index in [0.717, 1.165) is 10.0 Å². The van der Waals surface area contributed by atoms with Gasteiger partial charge in [0.1, 0.15) is 11.6 Å². The maximum atomic E-state index is 12.8. The summed E-state index contributed by atoms with van der Waals surface area (Å²) in [4.78, 5) is 17.8. The highest BCUT2D eigenvalue weighted by Crippen LogP contribution is 2.10. The molecule has 6 heteroatoms. The standard InChI is InChI=1S/C15H15BrFN3O/c1-20(9-11-2-5-13(17)6-3-11)10-15(21)19-14-7-4-12(16)8-18-14/h2-8H,9-10H2,1H3,(H,18,19,21). The topological polar surface area (TPSA) is 45.2 Å². The molecular weight excluding hydrogens is 337 g/mol. The minimum Gasteiger partial charge on any atom is -0.310 e. The first kappa shape index (κ1) is 15.6. The van der Waals surface area contributed by atoms with Crippen LogP contribution in [0, 0.1) is 5.82 Å². The average Bonchev–Trinajstić information content (AvgIpc) is 2.44. The Labute approximate surface area is 131 Å². The van der Waals surface area contributed by atoms with Crippen LogP contribution in [0.5, 0.6) is 0 Å². The van der Waals surface area contributed by atoms with Crippen LogP contribution in [0.3, 0.4) is 0 Å². The summed E-state index contributed by atoms with van der Waals surface area (Å²) < 4.78 is 13.7. The van der Waals surface area contributed by atoms with Crippen LogP contribution in [0.15, 0.2) is 47.1 Å². The van der Waals surface area contributed by atoms with E-state index in [2.05, 4.69) is 26.2 Å². The minimum atomic E-state index is -0.263. The van der Waals surface area contributed by atoms with E-state index in [4.69, 9.17) is 0 Å². The molecule has 1 heterocycles. The van der Waals surface area contributed by atoms with Crippen molar-refractivity contribution in [3.05, 3.63) is 58.4 Å². The van der Waals surface area contributed by atoms with Gasteiger partial charge in [-0.15, -0.1) is 0 Å². The monoisotopic (exact) mass is 351 g/mol. The molecule has 110 valence electrons. The first-order valence-electron chi connectivity index (χ1n) is 6.37. The van der Waals surface area contributed by atoms with Gasteiger partial charge >= 0.3 is 0 Å². The molecule has 1 aromatic heterocycles. The van der Waals surface area contributed by atoms with Crippen LogP contribution < -0.4 is 5.32 Å². The van der Waals surface area contributed by atoms with E-state index in [-0.39, 0.29) is 18.3 Å². The van der Waals surface area contributed by atoms with E-state index in [1.165, 1.54) is 12.1 Å². The molecule has 1 amide bonds. The molecule has 21 heavy (non-hydrogen) atoms. The van der Waals surface area contributed by atoms with E-state index in [1.54, 1.807) is 24.4 Å². The number of halogens is 2. The zero-order chi connectivity index (χ0) is 15.2. The van der Waals surface area contributed by atoms with Crippen LogP contribution in [0.1, 0.15) is 5.56 Å². The summed E-state index contributed by atoms with van der Waals surface area (Å²) in [6.45, 7) is 0.802. The summed E-state index contributed by atoms with van der Waals surface area (Å²) in [5.41, 5.74) is 0.952. The Hall–Kier alpha value is -1.79. The number of nitrogens with zero attached hydrogens (tertiary/aromatic N) is 2. The van der Waals surface area contributed by atoms with Crippen molar-refractivity contribution in [2.24, 2.45) is 0 Å². The largest absolute Gasteiger partial charge is 0.310 e. The number of likely N-dealkylation sites (N-methyl/N-ethyl adjacent to an activating group) is 1. The molecule has 4 nitrogen and oxygen atoms in total. The number of aromatic nitrogens is 1. The predicted octanol–water partition coefficient (Wildman–Crippen LogP) is 3.05. The second kappa shape index (κ2) is 7.28. The number of anilines is 1. The van der Waals surface area contributed by atoms with Gasteiger partial charge in [0.2, 0.25) is 5.91 Å². The van der Waals surface area contributed by atoms with Crippen molar-refractivity contribution >= 4 is 27.7 Å². The third-order valence-corrected chi connectivity index (χ3v) is 3.24. The van der Waals surface area contributed by atoms with Gasteiger partial charge in [0.15, 0.2) is 0 Å². The molecule has 0 bridgehead atoms. The zero-order valence-electron chi connectivity index (χ0n) is 11.5. The van der Waals surface area contributed by atoms with Gasteiger partial charge in [-0.25, -0.2) is 9.37 Å². The van der Waals surface area contributed by atoms with Crippen molar-refractivity contribution in [3.63, 3.8) is 0 Å². The Balaban J connectivity index is 1.84. The maximum Gasteiger partial charge on any atom is 0.239 e. The lowest BCUT2D eigenvalue weighted by Gasteiger charge is -2.16. The Morgan fingerprint density at radius 3 is 2.62 bits per heavy atom. The van der Waals surface area contributed by atoms with Crippen molar-refractivity contribution in [1.82, 2.24) is 9.88 Å². The summed E-state index contributed by atoms with van der Waals surface area (Å²) in [6.07, 6.45) is 1.62. The molecule has 0 aliphatic heterocycles. The molecule has 0 fully saturated rings. The first-order valence-corrected chi connectivity index (χ1v) is 7.16. The number of hydrogen-bond acceptors (Lipinski definition) is 3. The number of pyridine rings is 1. The summed E-state index contributed by atoms with van der Waals surface area (Å²) in [6, 6.07) is 9.77. The fourth-order valence-electron chi connectivity index (χ4n) is 1.83. The van der Waals surface area contributed by atoms with Gasteiger partial charge in [-0.05, 0) is 52.8 Å². The quantitative estimate of drug-likeness (QED) is 0.900. The van der Waals surface area contributed by atoms with E-state index < -0.39 is 0 Å². The first-order chi connectivity index (χ1) is 10.0. The molecule has 2 aromatic rings. The molecule has 2 rings (SSSR count). The number of carbonyl (C=O) groups excluding carboxylic acids is 1. The number of hydrogen-bond donors (Lipinski definition) is 1. The highest BCUT2D eigenvalue weighted by atomic mass is 79.9. The molecule has 0 spiro atoms. The molecule has 0 aliphatic carbocycles. The molecule has 1 N–H and O–H groups in total. The van der Waals surface area contributed by atoms with Crippen LogP contribution in [0.4, 0.5) is 10.2 Å². The van der Waals surface area contributed by atoms with Crippen molar-refractivity contribution in [2.45, 2.75) is 6.54 Å². The lowest BCUT2D eigenvalue weighted by molar-refractivity contribution is -0.117. The number of benzene rings is 1. The fraction of sp³-hybridized carbons (Fsp3) is 0.200. The van der Waals surface area contributed by atoms with Crippen molar-refractivity contribution < 1.29 is 9.18 Å². The second-order valence-electron chi connectivity index (χ2n) is 4.71. The zero-order valence-corrected chi connectivity index (χ0v) is 13.1. The van der Waals surface area contributed by atoms with Gasteiger partial charge in [0.05, 0.1) is 6.54 Å². The lowest BCUT2D eigenvalue weighted by atomic mass is 10.2. The third-order valence-electron chi connectivity index (χ3n) is 2.77. The Bertz CT molecular complexity index is 601. The van der Waals surface area contributed by atoms with E-state index >= 15 is 0 Å². The smallest absolute Gasteiger partial charge is 0.239 e.